The van der Waals surface area contributed by atoms with Gasteiger partial charge in [-0.3, -0.25) is 4.79 Å². The zero-order valence-corrected chi connectivity index (χ0v) is 12.5. The van der Waals surface area contributed by atoms with Crippen molar-refractivity contribution in [2.75, 3.05) is 11.5 Å². The van der Waals surface area contributed by atoms with Crippen molar-refractivity contribution < 1.29 is 9.90 Å². The van der Waals surface area contributed by atoms with E-state index in [4.69, 9.17) is 10.8 Å². The number of hydrogen-bond acceptors (Lipinski definition) is 6. The Balaban J connectivity index is 2.15. The maximum absolute atomic E-state index is 10.8. The highest BCUT2D eigenvalue weighted by atomic mass is 32.2. The molecule has 1 aromatic heterocycles. The van der Waals surface area contributed by atoms with Crippen molar-refractivity contribution in [1.82, 2.24) is 4.98 Å². The number of aliphatic carboxylic acids is 1. The molecule has 1 saturated heterocycles. The fourth-order valence-corrected chi connectivity index (χ4v) is 6.13. The molecule has 0 aliphatic carbocycles. The molecule has 2 heterocycles. The van der Waals surface area contributed by atoms with Crippen LogP contribution in [0, 0.1) is 0 Å². The van der Waals surface area contributed by atoms with Crippen LogP contribution in [0.3, 0.4) is 0 Å². The number of thiazole rings is 1. The average molecular weight is 304 g/mol. The van der Waals surface area contributed by atoms with Crippen LogP contribution in [0.4, 0.5) is 0 Å². The molecule has 1 aliphatic heterocycles. The van der Waals surface area contributed by atoms with Gasteiger partial charge in [0.1, 0.15) is 11.0 Å². The van der Waals surface area contributed by atoms with E-state index in [0.29, 0.717) is 16.2 Å². The van der Waals surface area contributed by atoms with Gasteiger partial charge in [-0.1, -0.05) is 6.92 Å². The van der Waals surface area contributed by atoms with Crippen molar-refractivity contribution >= 4 is 40.8 Å². The first-order chi connectivity index (χ1) is 8.63. The van der Waals surface area contributed by atoms with Gasteiger partial charge in [0.25, 0.3) is 0 Å². The summed E-state index contributed by atoms with van der Waals surface area (Å²) in [6.45, 7) is 2.19. The molecule has 0 radical (unpaired) electrons. The van der Waals surface area contributed by atoms with E-state index in [1.54, 1.807) is 5.38 Å². The van der Waals surface area contributed by atoms with E-state index in [2.05, 4.69) is 11.9 Å². The maximum atomic E-state index is 10.8. The molecule has 4 nitrogen and oxygen atoms in total. The van der Waals surface area contributed by atoms with Gasteiger partial charge in [-0.05, 0) is 6.42 Å². The van der Waals surface area contributed by atoms with E-state index in [9.17, 15) is 4.79 Å². The van der Waals surface area contributed by atoms with Crippen molar-refractivity contribution in [2.24, 2.45) is 5.73 Å². The summed E-state index contributed by atoms with van der Waals surface area (Å²) in [5.74, 6) is 1.29. The Morgan fingerprint density at radius 1 is 1.61 bits per heavy atom. The van der Waals surface area contributed by atoms with Crippen LogP contribution >= 0.6 is 34.9 Å². The molecule has 1 fully saturated rings. The van der Waals surface area contributed by atoms with E-state index in [1.165, 1.54) is 17.1 Å². The minimum Gasteiger partial charge on any atom is -0.480 e. The number of rotatable bonds is 4. The van der Waals surface area contributed by atoms with Gasteiger partial charge in [-0.2, -0.15) is 11.8 Å². The number of thioether (sulfide) groups is 2. The lowest BCUT2D eigenvalue weighted by Gasteiger charge is -2.28. The van der Waals surface area contributed by atoms with E-state index in [0.717, 1.165) is 17.2 Å². The van der Waals surface area contributed by atoms with Gasteiger partial charge in [-0.15, -0.1) is 23.1 Å². The van der Waals surface area contributed by atoms with E-state index in [1.807, 2.05) is 23.5 Å². The molecule has 0 spiro atoms. The summed E-state index contributed by atoms with van der Waals surface area (Å²) < 4.78 is 0. The van der Waals surface area contributed by atoms with Gasteiger partial charge in [-0.25, -0.2) is 4.98 Å². The summed E-state index contributed by atoms with van der Waals surface area (Å²) in [5, 5.41) is 12.6. The molecule has 3 unspecified atom stereocenters. The fraction of sp³-hybridized carbons (Fsp3) is 0.636. The predicted octanol–water partition coefficient (Wildman–Crippen LogP) is 2.53. The first-order valence-electron chi connectivity index (χ1n) is 5.80. The van der Waals surface area contributed by atoms with Crippen LogP contribution in [-0.4, -0.2) is 32.8 Å². The molecule has 3 N–H and O–H groups in total. The second kappa shape index (κ2) is 6.27. The third kappa shape index (κ3) is 3.01. The van der Waals surface area contributed by atoms with Crippen molar-refractivity contribution in [3.05, 3.63) is 16.1 Å². The topological polar surface area (TPSA) is 76.2 Å². The molecule has 0 bridgehead atoms. The monoisotopic (exact) mass is 304 g/mol. The largest absolute Gasteiger partial charge is 0.480 e. The Kier molecular flexibility index (Phi) is 4.94. The fourth-order valence-electron chi connectivity index (χ4n) is 1.83. The van der Waals surface area contributed by atoms with Crippen LogP contribution < -0.4 is 5.73 Å². The van der Waals surface area contributed by atoms with Crippen molar-refractivity contribution in [3.8, 4) is 0 Å². The molecule has 0 amide bonds. The number of nitrogens with zero attached hydrogens (tertiary/aromatic N) is 1. The molecule has 18 heavy (non-hydrogen) atoms. The minimum atomic E-state index is -1.02. The molecule has 7 heteroatoms. The lowest BCUT2D eigenvalue weighted by atomic mass is 10.2. The smallest absolute Gasteiger partial charge is 0.326 e. The molecule has 2 rings (SSSR count). The standard InChI is InChI=1S/C11H16N2O2S3/c1-2-7-9(17-4-3-16-7)10-13-6(5-18-10)8(12)11(14)15/h5,7-9H,2-4,12H2,1H3,(H,14,15). The number of carboxylic acids is 1. The van der Waals surface area contributed by atoms with Gasteiger partial charge in [0.2, 0.25) is 0 Å². The Hall–Kier alpha value is -0.240. The third-order valence-corrected chi connectivity index (χ3v) is 7.17. The molecule has 0 aromatic carbocycles. The molecule has 1 aliphatic rings. The van der Waals surface area contributed by atoms with E-state index >= 15 is 0 Å². The number of nitrogens with two attached hydrogens (primary N) is 1. The molecule has 100 valence electrons. The molecule has 3 atom stereocenters. The van der Waals surface area contributed by atoms with Crippen LogP contribution in [0.15, 0.2) is 5.38 Å². The summed E-state index contributed by atoms with van der Waals surface area (Å²) in [6.07, 6.45) is 1.11. The average Bonchev–Trinajstić information content (AvgIpc) is 2.87. The van der Waals surface area contributed by atoms with Crippen molar-refractivity contribution in [3.63, 3.8) is 0 Å². The van der Waals surface area contributed by atoms with Gasteiger partial charge in [0.05, 0.1) is 10.9 Å². The maximum Gasteiger partial charge on any atom is 0.326 e. The second-order valence-corrected chi connectivity index (χ2v) is 7.52. The first kappa shape index (κ1) is 14.2. The summed E-state index contributed by atoms with van der Waals surface area (Å²) in [5.41, 5.74) is 6.06. The molecular weight excluding hydrogens is 288 g/mol. The summed E-state index contributed by atoms with van der Waals surface area (Å²) in [7, 11) is 0. The molecular formula is C11H16N2O2S3. The lowest BCUT2D eigenvalue weighted by molar-refractivity contribution is -0.138. The molecule has 1 aromatic rings. The van der Waals surface area contributed by atoms with E-state index < -0.39 is 12.0 Å². The van der Waals surface area contributed by atoms with Crippen LogP contribution in [0.25, 0.3) is 0 Å². The predicted molar refractivity (Wildman–Crippen MR) is 78.4 cm³/mol. The number of aromatic nitrogens is 1. The third-order valence-electron chi connectivity index (χ3n) is 2.82. The van der Waals surface area contributed by atoms with Crippen LogP contribution in [0.1, 0.15) is 35.3 Å². The Labute approximate surface area is 119 Å². The Bertz CT molecular complexity index is 424. The normalized spacial score (nSPS) is 25.9. The highest BCUT2D eigenvalue weighted by molar-refractivity contribution is 8.06. The quantitative estimate of drug-likeness (QED) is 0.890. The Morgan fingerprint density at radius 2 is 2.33 bits per heavy atom. The van der Waals surface area contributed by atoms with Gasteiger partial charge >= 0.3 is 5.97 Å². The number of carbonyl (C=O) groups is 1. The van der Waals surface area contributed by atoms with E-state index in [-0.39, 0.29) is 0 Å². The Morgan fingerprint density at radius 3 is 3.00 bits per heavy atom. The SMILES string of the molecule is CCC1SCCSC1c1nc(C(N)C(=O)O)cs1. The lowest BCUT2D eigenvalue weighted by Crippen LogP contribution is -2.22. The van der Waals surface area contributed by atoms with Gasteiger partial charge < -0.3 is 10.8 Å². The highest BCUT2D eigenvalue weighted by Gasteiger charge is 2.29. The number of carboxylic acid groups (broad SMARTS) is 1. The number of hydrogen-bond donors (Lipinski definition) is 2. The zero-order valence-electron chi connectivity index (χ0n) is 10.0. The zero-order chi connectivity index (χ0) is 13.1. The van der Waals surface area contributed by atoms with Crippen molar-refractivity contribution in [1.29, 1.82) is 0 Å². The van der Waals surface area contributed by atoms with Crippen LogP contribution in [0.5, 0.6) is 0 Å². The van der Waals surface area contributed by atoms with Gasteiger partial charge in [0.15, 0.2) is 0 Å². The first-order valence-corrected chi connectivity index (χ1v) is 8.78. The minimum absolute atomic E-state index is 0.383. The molecule has 0 saturated carbocycles. The second-order valence-electron chi connectivity index (χ2n) is 4.04. The highest BCUT2D eigenvalue weighted by Crippen LogP contribution is 2.45. The van der Waals surface area contributed by atoms with Crippen LogP contribution in [-0.2, 0) is 4.79 Å². The summed E-state index contributed by atoms with van der Waals surface area (Å²) >= 11 is 5.44. The summed E-state index contributed by atoms with van der Waals surface area (Å²) in [4.78, 5) is 15.3. The van der Waals surface area contributed by atoms with Crippen molar-refractivity contribution in [2.45, 2.75) is 29.9 Å². The van der Waals surface area contributed by atoms with Crippen LogP contribution in [0.2, 0.25) is 0 Å². The van der Waals surface area contributed by atoms with Gasteiger partial charge in [0, 0.05) is 22.1 Å². The summed E-state index contributed by atoms with van der Waals surface area (Å²) in [6, 6.07) is -1.00.